The molecule has 0 saturated heterocycles. The number of nitrogens with zero attached hydrogens (tertiary/aromatic N) is 1. The van der Waals surface area contributed by atoms with E-state index in [-0.39, 0.29) is 6.04 Å². The molecule has 1 unspecified atom stereocenters. The molecule has 2 rings (SSSR count). The second-order valence-corrected chi connectivity index (χ2v) is 5.99. The summed E-state index contributed by atoms with van der Waals surface area (Å²) >= 11 is 6.74. The Bertz CT molecular complexity index is 484. The molecule has 2 aromatic rings. The Labute approximate surface area is 111 Å². The van der Waals surface area contributed by atoms with Gasteiger partial charge in [0.05, 0.1) is 10.9 Å². The third kappa shape index (κ3) is 2.71. The van der Waals surface area contributed by atoms with Crippen LogP contribution < -0.4 is 5.32 Å². The highest BCUT2D eigenvalue weighted by atomic mass is 79.9. The molecule has 0 aliphatic rings. The van der Waals surface area contributed by atoms with Gasteiger partial charge < -0.3 is 0 Å². The van der Waals surface area contributed by atoms with E-state index in [0.717, 1.165) is 15.9 Å². The molecule has 0 amide bonds. The lowest BCUT2D eigenvalue weighted by Crippen LogP contribution is -2.18. The molecular formula is C11H9BrN2S2. The second-order valence-electron chi connectivity index (χ2n) is 3.16. The zero-order valence-electron chi connectivity index (χ0n) is 8.31. The first-order chi connectivity index (χ1) is 7.81. The Morgan fingerprint density at radius 3 is 2.81 bits per heavy atom. The maximum atomic E-state index is 9.13. The summed E-state index contributed by atoms with van der Waals surface area (Å²) in [6, 6.07) is 8.09. The number of halogens is 1. The molecule has 5 heteroatoms. The third-order valence-electron chi connectivity index (χ3n) is 2.10. The van der Waals surface area contributed by atoms with Crippen molar-refractivity contribution in [3.8, 4) is 6.07 Å². The van der Waals surface area contributed by atoms with Crippen LogP contribution in [0.15, 0.2) is 33.4 Å². The summed E-state index contributed by atoms with van der Waals surface area (Å²) in [4.78, 5) is 2.28. The number of nitriles is 1. The van der Waals surface area contributed by atoms with Crippen LogP contribution in [0.5, 0.6) is 0 Å². The number of hydrogen-bond donors (Lipinski definition) is 1. The molecule has 0 fully saturated rings. The molecule has 0 bridgehead atoms. The van der Waals surface area contributed by atoms with Crippen molar-refractivity contribution in [2.45, 2.75) is 12.6 Å². The minimum atomic E-state index is -0.239. The van der Waals surface area contributed by atoms with Crippen LogP contribution in [0.2, 0.25) is 0 Å². The summed E-state index contributed by atoms with van der Waals surface area (Å²) in [5, 5.41) is 16.4. The Balaban J connectivity index is 2.02. The van der Waals surface area contributed by atoms with E-state index in [4.69, 9.17) is 5.26 Å². The smallest absolute Gasteiger partial charge is 0.132 e. The molecule has 2 aromatic heterocycles. The summed E-state index contributed by atoms with van der Waals surface area (Å²) in [5.41, 5.74) is 0. The summed E-state index contributed by atoms with van der Waals surface area (Å²) in [5.74, 6) is 0. The minimum absolute atomic E-state index is 0.239. The largest absolute Gasteiger partial charge is 0.293 e. The van der Waals surface area contributed by atoms with Crippen LogP contribution in [-0.2, 0) is 6.54 Å². The molecule has 1 atom stereocenters. The van der Waals surface area contributed by atoms with Gasteiger partial charge in [0.2, 0.25) is 0 Å². The van der Waals surface area contributed by atoms with Gasteiger partial charge in [0.1, 0.15) is 6.04 Å². The highest BCUT2D eigenvalue weighted by Crippen LogP contribution is 2.29. The lowest BCUT2D eigenvalue weighted by atomic mass is 10.2. The van der Waals surface area contributed by atoms with Crippen LogP contribution in [-0.4, -0.2) is 0 Å². The van der Waals surface area contributed by atoms with Crippen molar-refractivity contribution in [3.63, 3.8) is 0 Å². The van der Waals surface area contributed by atoms with E-state index < -0.39 is 0 Å². The van der Waals surface area contributed by atoms with Gasteiger partial charge in [-0.05, 0) is 38.8 Å². The van der Waals surface area contributed by atoms with Crippen molar-refractivity contribution in [1.29, 1.82) is 5.26 Å². The van der Waals surface area contributed by atoms with Crippen molar-refractivity contribution in [1.82, 2.24) is 5.32 Å². The van der Waals surface area contributed by atoms with Crippen molar-refractivity contribution < 1.29 is 0 Å². The maximum Gasteiger partial charge on any atom is 0.132 e. The lowest BCUT2D eigenvalue weighted by Gasteiger charge is -2.09. The van der Waals surface area contributed by atoms with E-state index in [1.54, 1.807) is 22.7 Å². The van der Waals surface area contributed by atoms with Crippen molar-refractivity contribution in [2.24, 2.45) is 0 Å². The standard InChI is InChI=1S/C11H9BrN2S2/c12-9-3-5-16-11(9)10(6-13)14-7-8-2-1-4-15-8/h1-5,10,14H,7H2. The molecule has 0 saturated carbocycles. The van der Waals surface area contributed by atoms with E-state index >= 15 is 0 Å². The quantitative estimate of drug-likeness (QED) is 0.928. The molecule has 82 valence electrons. The highest BCUT2D eigenvalue weighted by molar-refractivity contribution is 9.10. The first-order valence-electron chi connectivity index (χ1n) is 4.69. The number of thiophene rings is 2. The van der Waals surface area contributed by atoms with Crippen LogP contribution in [0.25, 0.3) is 0 Å². The lowest BCUT2D eigenvalue weighted by molar-refractivity contribution is 0.643. The fourth-order valence-corrected chi connectivity index (χ4v) is 3.60. The van der Waals surface area contributed by atoms with Gasteiger partial charge in [-0.1, -0.05) is 6.07 Å². The second kappa shape index (κ2) is 5.60. The number of nitrogens with one attached hydrogen (secondary N) is 1. The van der Waals surface area contributed by atoms with Crippen molar-refractivity contribution >= 4 is 38.6 Å². The molecule has 0 radical (unpaired) electrons. The first-order valence-corrected chi connectivity index (χ1v) is 7.25. The third-order valence-corrected chi connectivity index (χ3v) is 4.91. The van der Waals surface area contributed by atoms with E-state index in [0.29, 0.717) is 0 Å². The van der Waals surface area contributed by atoms with Gasteiger partial charge in [-0.15, -0.1) is 22.7 Å². The minimum Gasteiger partial charge on any atom is -0.293 e. The molecule has 2 nitrogen and oxygen atoms in total. The number of rotatable bonds is 4. The van der Waals surface area contributed by atoms with Crippen molar-refractivity contribution in [3.05, 3.63) is 43.2 Å². The van der Waals surface area contributed by atoms with E-state index in [9.17, 15) is 0 Å². The Morgan fingerprint density at radius 2 is 2.25 bits per heavy atom. The molecule has 0 aliphatic carbocycles. The molecule has 1 N–H and O–H groups in total. The summed E-state index contributed by atoms with van der Waals surface area (Å²) < 4.78 is 1.00. The summed E-state index contributed by atoms with van der Waals surface area (Å²) in [6.07, 6.45) is 0. The highest BCUT2D eigenvalue weighted by Gasteiger charge is 2.14. The van der Waals surface area contributed by atoms with Gasteiger partial charge >= 0.3 is 0 Å². The SMILES string of the molecule is N#CC(NCc1cccs1)c1sccc1Br. The fraction of sp³-hybridized carbons (Fsp3) is 0.182. The zero-order valence-corrected chi connectivity index (χ0v) is 11.5. The van der Waals surface area contributed by atoms with Gasteiger partial charge in [-0.3, -0.25) is 5.32 Å². The number of hydrogen-bond acceptors (Lipinski definition) is 4. The Kier molecular flexibility index (Phi) is 4.13. The van der Waals surface area contributed by atoms with Crippen LogP contribution >= 0.6 is 38.6 Å². The van der Waals surface area contributed by atoms with Crippen LogP contribution in [0.4, 0.5) is 0 Å². The molecule has 2 heterocycles. The van der Waals surface area contributed by atoms with E-state index in [1.807, 2.05) is 22.9 Å². The molecule has 0 aliphatic heterocycles. The average Bonchev–Trinajstić information content (AvgIpc) is 2.92. The monoisotopic (exact) mass is 312 g/mol. The van der Waals surface area contributed by atoms with Gasteiger partial charge in [-0.25, -0.2) is 0 Å². The van der Waals surface area contributed by atoms with Gasteiger partial charge in [-0.2, -0.15) is 5.26 Å². The van der Waals surface area contributed by atoms with E-state index in [1.165, 1.54) is 4.88 Å². The van der Waals surface area contributed by atoms with Crippen LogP contribution in [0.3, 0.4) is 0 Å². The predicted molar refractivity (Wildman–Crippen MR) is 71.5 cm³/mol. The first kappa shape index (κ1) is 11.8. The normalized spacial score (nSPS) is 12.2. The zero-order chi connectivity index (χ0) is 11.4. The maximum absolute atomic E-state index is 9.13. The van der Waals surface area contributed by atoms with Gasteiger partial charge in [0, 0.05) is 15.9 Å². The molecule has 0 aromatic carbocycles. The van der Waals surface area contributed by atoms with Crippen molar-refractivity contribution in [2.75, 3.05) is 0 Å². The van der Waals surface area contributed by atoms with E-state index in [2.05, 4.69) is 33.4 Å². The predicted octanol–water partition coefficient (Wildman–Crippen LogP) is 3.93. The molecular weight excluding hydrogens is 304 g/mol. The molecule has 16 heavy (non-hydrogen) atoms. The fourth-order valence-electron chi connectivity index (χ4n) is 1.32. The topological polar surface area (TPSA) is 35.8 Å². The van der Waals surface area contributed by atoms with Crippen LogP contribution in [0, 0.1) is 11.3 Å². The van der Waals surface area contributed by atoms with Crippen LogP contribution in [0.1, 0.15) is 15.8 Å². The average molecular weight is 313 g/mol. The summed E-state index contributed by atoms with van der Waals surface area (Å²) in [7, 11) is 0. The Morgan fingerprint density at radius 1 is 1.38 bits per heavy atom. The molecule has 0 spiro atoms. The summed E-state index contributed by atoms with van der Waals surface area (Å²) in [6.45, 7) is 0.736. The van der Waals surface area contributed by atoms with Gasteiger partial charge in [0.15, 0.2) is 0 Å². The van der Waals surface area contributed by atoms with Gasteiger partial charge in [0.25, 0.3) is 0 Å². The Hall–Kier alpha value is -0.670.